The van der Waals surface area contributed by atoms with E-state index < -0.39 is 0 Å². The van der Waals surface area contributed by atoms with Crippen LogP contribution in [0, 0.1) is 0 Å². The number of ether oxygens (including phenoxy) is 2. The number of thiazole rings is 1. The van der Waals surface area contributed by atoms with Crippen molar-refractivity contribution >= 4 is 17.4 Å². The first kappa shape index (κ1) is 17.8. The predicted octanol–water partition coefficient (Wildman–Crippen LogP) is 2.83. The van der Waals surface area contributed by atoms with Crippen LogP contribution in [0.5, 0.6) is 0 Å². The van der Waals surface area contributed by atoms with Crippen LogP contribution in [-0.2, 0) is 16.1 Å². The molecule has 2 aromatic rings. The maximum Gasteiger partial charge on any atom is 0.410 e. The lowest BCUT2D eigenvalue weighted by molar-refractivity contribution is -0.0278. The van der Waals surface area contributed by atoms with Gasteiger partial charge in [-0.2, -0.15) is 0 Å². The Balaban J connectivity index is 1.43. The van der Waals surface area contributed by atoms with Gasteiger partial charge in [-0.15, -0.1) is 11.3 Å². The molecule has 2 atom stereocenters. The number of aromatic nitrogens is 1. The van der Waals surface area contributed by atoms with Crippen molar-refractivity contribution in [2.24, 2.45) is 0 Å². The van der Waals surface area contributed by atoms with Crippen LogP contribution in [0.2, 0.25) is 0 Å². The summed E-state index contributed by atoms with van der Waals surface area (Å²) in [5.74, 6) is 0. The third-order valence-electron chi connectivity index (χ3n) is 4.08. The van der Waals surface area contributed by atoms with Crippen LogP contribution in [0.1, 0.15) is 23.5 Å². The second-order valence-electron chi connectivity index (χ2n) is 5.98. The molecule has 1 aromatic carbocycles. The normalized spacial score (nSPS) is 18.8. The highest BCUT2D eigenvalue weighted by Gasteiger charge is 2.25. The summed E-state index contributed by atoms with van der Waals surface area (Å²) in [6, 6.07) is 9.87. The van der Waals surface area contributed by atoms with E-state index >= 15 is 0 Å². The van der Waals surface area contributed by atoms with Gasteiger partial charge in [0.1, 0.15) is 11.6 Å². The fourth-order valence-electron chi connectivity index (χ4n) is 2.66. The zero-order chi connectivity index (χ0) is 17.5. The number of rotatable bonds is 6. The maximum absolute atomic E-state index is 12.3. The number of amides is 1. The van der Waals surface area contributed by atoms with E-state index in [1.165, 1.54) is 0 Å². The highest BCUT2D eigenvalue weighted by molar-refractivity contribution is 7.09. The Hall–Kier alpha value is -1.96. The Morgan fingerprint density at radius 2 is 2.32 bits per heavy atom. The number of hydrogen-bond donors (Lipinski definition) is 1. The largest absolute Gasteiger partial charge is 0.445 e. The number of morpholine rings is 1. The number of nitrogens with zero attached hydrogens (tertiary/aromatic N) is 2. The molecule has 1 fully saturated rings. The Kier molecular flexibility index (Phi) is 6.38. The van der Waals surface area contributed by atoms with Gasteiger partial charge >= 0.3 is 6.09 Å². The van der Waals surface area contributed by atoms with Gasteiger partial charge in [-0.3, -0.25) is 0 Å². The molecular weight excluding hydrogens is 338 g/mol. The van der Waals surface area contributed by atoms with Crippen LogP contribution in [0.3, 0.4) is 0 Å². The molecule has 1 aliphatic rings. The first-order valence-electron chi connectivity index (χ1n) is 8.42. The molecule has 6 nitrogen and oxygen atoms in total. The highest BCUT2D eigenvalue weighted by Crippen LogP contribution is 2.15. The quantitative estimate of drug-likeness (QED) is 0.857. The molecule has 25 heavy (non-hydrogen) atoms. The first-order valence-corrected chi connectivity index (χ1v) is 9.30. The van der Waals surface area contributed by atoms with E-state index in [0.29, 0.717) is 32.8 Å². The molecular formula is C18H23N3O3S. The minimum Gasteiger partial charge on any atom is -0.445 e. The van der Waals surface area contributed by atoms with Gasteiger partial charge in [-0.25, -0.2) is 9.78 Å². The molecule has 1 aliphatic heterocycles. The summed E-state index contributed by atoms with van der Waals surface area (Å²) < 4.78 is 11.2. The lowest BCUT2D eigenvalue weighted by Gasteiger charge is -2.32. The minimum atomic E-state index is -0.287. The molecule has 0 saturated carbocycles. The summed E-state index contributed by atoms with van der Waals surface area (Å²) in [7, 11) is 0. The average Bonchev–Trinajstić information content (AvgIpc) is 3.20. The van der Waals surface area contributed by atoms with Gasteiger partial charge in [0.15, 0.2) is 0 Å². The fraction of sp³-hybridized carbons (Fsp3) is 0.444. The molecule has 1 aromatic heterocycles. The summed E-state index contributed by atoms with van der Waals surface area (Å²) in [5.41, 5.74) is 0.986. The maximum atomic E-state index is 12.3. The van der Waals surface area contributed by atoms with Crippen LogP contribution in [0.4, 0.5) is 4.79 Å². The number of nitrogens with one attached hydrogen (secondary N) is 1. The Bertz CT molecular complexity index is 651. The smallest absolute Gasteiger partial charge is 0.410 e. The molecule has 0 bridgehead atoms. The van der Waals surface area contributed by atoms with Crippen molar-refractivity contribution in [3.63, 3.8) is 0 Å². The second kappa shape index (κ2) is 8.94. The summed E-state index contributed by atoms with van der Waals surface area (Å²) in [6.45, 7) is 4.66. The zero-order valence-electron chi connectivity index (χ0n) is 14.3. The molecule has 1 amide bonds. The SMILES string of the molecule is CC(NCC1CN(C(=O)OCc2ccccc2)CCO1)c1nccs1. The Morgan fingerprint density at radius 3 is 3.08 bits per heavy atom. The van der Waals surface area contributed by atoms with Gasteiger partial charge in [-0.1, -0.05) is 30.3 Å². The lowest BCUT2D eigenvalue weighted by atomic mass is 10.2. The van der Waals surface area contributed by atoms with E-state index in [1.807, 2.05) is 35.7 Å². The lowest BCUT2D eigenvalue weighted by Crippen LogP contribution is -2.49. The minimum absolute atomic E-state index is 0.0413. The summed E-state index contributed by atoms with van der Waals surface area (Å²) in [5, 5.41) is 6.43. The predicted molar refractivity (Wildman–Crippen MR) is 96.5 cm³/mol. The molecule has 0 spiro atoms. The average molecular weight is 361 g/mol. The van der Waals surface area contributed by atoms with E-state index in [9.17, 15) is 4.79 Å². The van der Waals surface area contributed by atoms with Gasteiger partial charge in [0.05, 0.1) is 25.3 Å². The molecule has 134 valence electrons. The Morgan fingerprint density at radius 1 is 1.48 bits per heavy atom. The van der Waals surface area contributed by atoms with Crippen LogP contribution in [-0.4, -0.2) is 48.3 Å². The van der Waals surface area contributed by atoms with Crippen LogP contribution < -0.4 is 5.32 Å². The second-order valence-corrected chi connectivity index (χ2v) is 6.91. The summed E-state index contributed by atoms with van der Waals surface area (Å²) >= 11 is 1.63. The molecule has 2 unspecified atom stereocenters. The topological polar surface area (TPSA) is 63.7 Å². The van der Waals surface area contributed by atoms with Gasteiger partial charge < -0.3 is 19.7 Å². The monoisotopic (exact) mass is 361 g/mol. The fourth-order valence-corrected chi connectivity index (χ4v) is 3.33. The molecule has 3 rings (SSSR count). The molecule has 7 heteroatoms. The van der Waals surface area contributed by atoms with Crippen molar-refractivity contribution in [3.8, 4) is 0 Å². The zero-order valence-corrected chi connectivity index (χ0v) is 15.1. The van der Waals surface area contributed by atoms with Crippen molar-refractivity contribution in [2.75, 3.05) is 26.2 Å². The molecule has 2 heterocycles. The van der Waals surface area contributed by atoms with E-state index in [-0.39, 0.29) is 18.2 Å². The first-order chi connectivity index (χ1) is 12.2. The molecule has 0 aliphatic carbocycles. The third kappa shape index (κ3) is 5.26. The standard InChI is InChI=1S/C18H23N3O3S/c1-14(17-19-7-10-25-17)20-11-16-12-21(8-9-23-16)18(22)24-13-15-5-3-2-4-6-15/h2-7,10,14,16,20H,8-9,11-13H2,1H3. The van der Waals surface area contributed by atoms with Gasteiger partial charge in [0, 0.05) is 24.7 Å². The van der Waals surface area contributed by atoms with Crippen molar-refractivity contribution in [2.45, 2.75) is 25.7 Å². The number of hydrogen-bond acceptors (Lipinski definition) is 6. The highest BCUT2D eigenvalue weighted by atomic mass is 32.1. The van der Waals surface area contributed by atoms with E-state index in [1.54, 1.807) is 22.4 Å². The van der Waals surface area contributed by atoms with Gasteiger partial charge in [-0.05, 0) is 12.5 Å². The summed E-state index contributed by atoms with van der Waals surface area (Å²) in [4.78, 5) is 18.3. The molecule has 0 radical (unpaired) electrons. The molecule has 1 N–H and O–H groups in total. The number of carbonyl (C=O) groups excluding carboxylic acids is 1. The van der Waals surface area contributed by atoms with Crippen LogP contribution in [0.15, 0.2) is 41.9 Å². The van der Waals surface area contributed by atoms with Gasteiger partial charge in [0.25, 0.3) is 0 Å². The van der Waals surface area contributed by atoms with Crippen molar-refractivity contribution in [1.82, 2.24) is 15.2 Å². The van der Waals surface area contributed by atoms with Crippen molar-refractivity contribution in [3.05, 3.63) is 52.5 Å². The van der Waals surface area contributed by atoms with Crippen molar-refractivity contribution in [1.29, 1.82) is 0 Å². The van der Waals surface area contributed by atoms with E-state index in [4.69, 9.17) is 9.47 Å². The molecule has 1 saturated heterocycles. The van der Waals surface area contributed by atoms with Crippen LogP contribution in [0.25, 0.3) is 0 Å². The van der Waals surface area contributed by atoms with E-state index in [0.717, 1.165) is 10.6 Å². The third-order valence-corrected chi connectivity index (χ3v) is 5.03. The number of carbonyl (C=O) groups is 1. The van der Waals surface area contributed by atoms with Crippen LogP contribution >= 0.6 is 11.3 Å². The van der Waals surface area contributed by atoms with Gasteiger partial charge in [0.2, 0.25) is 0 Å². The summed E-state index contributed by atoms with van der Waals surface area (Å²) in [6.07, 6.45) is 1.48. The Labute approximate surface area is 151 Å². The van der Waals surface area contributed by atoms with Crippen molar-refractivity contribution < 1.29 is 14.3 Å². The van der Waals surface area contributed by atoms with E-state index in [2.05, 4.69) is 17.2 Å². The number of benzene rings is 1.